The van der Waals surface area contributed by atoms with Crippen molar-refractivity contribution < 1.29 is 9.59 Å². The molecule has 144 valence electrons. The minimum Gasteiger partial charge on any atom is -0.366 e. The lowest BCUT2D eigenvalue weighted by Gasteiger charge is -2.25. The highest BCUT2D eigenvalue weighted by Crippen LogP contribution is 2.31. The summed E-state index contributed by atoms with van der Waals surface area (Å²) >= 11 is 7.10. The monoisotopic (exact) mass is 414 g/mol. The van der Waals surface area contributed by atoms with Crippen molar-refractivity contribution in [1.82, 2.24) is 5.32 Å². The van der Waals surface area contributed by atoms with Crippen LogP contribution in [0.2, 0.25) is 5.02 Å². The molecule has 1 atom stereocenters. The maximum absolute atomic E-state index is 12.2. The Morgan fingerprint density at radius 1 is 1.18 bits per heavy atom. The zero-order valence-electron chi connectivity index (χ0n) is 15.1. The first kappa shape index (κ1) is 20.0. The van der Waals surface area contributed by atoms with Gasteiger partial charge in [-0.25, -0.2) is 4.99 Å². The molecule has 0 fully saturated rings. The van der Waals surface area contributed by atoms with Crippen molar-refractivity contribution in [2.75, 3.05) is 11.1 Å². The number of nitrogens with one attached hydrogen (secondary N) is 2. The molecule has 1 aliphatic heterocycles. The number of nitrogens with two attached hydrogens (primary N) is 1. The summed E-state index contributed by atoms with van der Waals surface area (Å²) in [7, 11) is 0. The second-order valence-corrected chi connectivity index (χ2v) is 7.52. The lowest BCUT2D eigenvalue weighted by molar-refractivity contribution is -0.115. The zero-order valence-corrected chi connectivity index (χ0v) is 16.7. The van der Waals surface area contributed by atoms with E-state index in [9.17, 15) is 9.59 Å². The fraction of sp³-hybridized carbons (Fsp3) is 0.150. The van der Waals surface area contributed by atoms with Crippen molar-refractivity contribution in [1.29, 1.82) is 0 Å². The number of thioether (sulfide) groups is 1. The molecule has 0 aromatic heterocycles. The SMILES string of the molecule is CC1=C(C(N)=O)[C@H](c2ccccc2)N=C(SCC(=O)Nc2ccc(Cl)cc2)N1. The fourth-order valence-electron chi connectivity index (χ4n) is 2.78. The van der Waals surface area contributed by atoms with Gasteiger partial charge >= 0.3 is 0 Å². The Morgan fingerprint density at radius 2 is 1.86 bits per heavy atom. The van der Waals surface area contributed by atoms with Crippen LogP contribution in [0.5, 0.6) is 0 Å². The second kappa shape index (κ2) is 8.95. The predicted molar refractivity (Wildman–Crippen MR) is 114 cm³/mol. The molecule has 0 spiro atoms. The summed E-state index contributed by atoms with van der Waals surface area (Å²) in [6, 6.07) is 15.8. The van der Waals surface area contributed by atoms with E-state index in [1.165, 1.54) is 11.8 Å². The standard InChI is InChI=1S/C20H19ClN4O2S/c1-12-17(19(22)27)18(13-5-3-2-4-6-13)25-20(23-12)28-11-16(26)24-15-9-7-14(21)8-10-15/h2-10,18H,11H2,1H3,(H2,22,27)(H,23,25)(H,24,26)/t18-/m0/s1. The van der Waals surface area contributed by atoms with E-state index in [-0.39, 0.29) is 11.7 Å². The van der Waals surface area contributed by atoms with Crippen molar-refractivity contribution in [3.05, 3.63) is 76.5 Å². The van der Waals surface area contributed by atoms with Crippen LogP contribution in [0.1, 0.15) is 18.5 Å². The first-order valence-electron chi connectivity index (χ1n) is 8.52. The molecule has 1 heterocycles. The zero-order chi connectivity index (χ0) is 20.1. The third-order valence-corrected chi connectivity index (χ3v) is 5.21. The summed E-state index contributed by atoms with van der Waals surface area (Å²) in [5.74, 6) is -0.530. The van der Waals surface area contributed by atoms with E-state index in [0.29, 0.717) is 27.1 Å². The molecule has 6 nitrogen and oxygen atoms in total. The third kappa shape index (κ3) is 4.94. The Bertz CT molecular complexity index is 942. The number of primary amides is 1. The van der Waals surface area contributed by atoms with Gasteiger partial charge in [-0.15, -0.1) is 0 Å². The Hall–Kier alpha value is -2.77. The van der Waals surface area contributed by atoms with E-state index in [0.717, 1.165) is 5.56 Å². The van der Waals surface area contributed by atoms with E-state index in [2.05, 4.69) is 15.6 Å². The number of aliphatic imine (C=N–C) groups is 1. The van der Waals surface area contributed by atoms with E-state index < -0.39 is 11.9 Å². The molecule has 2 amide bonds. The van der Waals surface area contributed by atoms with Crippen LogP contribution >= 0.6 is 23.4 Å². The number of anilines is 1. The summed E-state index contributed by atoms with van der Waals surface area (Å²) in [6.45, 7) is 1.78. The van der Waals surface area contributed by atoms with Crippen molar-refractivity contribution in [3.8, 4) is 0 Å². The molecule has 0 radical (unpaired) electrons. The number of benzene rings is 2. The molecule has 0 unspecified atom stereocenters. The summed E-state index contributed by atoms with van der Waals surface area (Å²) in [5.41, 5.74) is 8.15. The summed E-state index contributed by atoms with van der Waals surface area (Å²) in [4.78, 5) is 28.7. The van der Waals surface area contributed by atoms with Gasteiger partial charge in [-0.05, 0) is 36.8 Å². The van der Waals surface area contributed by atoms with Crippen molar-refractivity contribution >= 4 is 46.0 Å². The first-order valence-corrected chi connectivity index (χ1v) is 9.89. The number of allylic oxidation sites excluding steroid dienone is 1. The predicted octanol–water partition coefficient (Wildman–Crippen LogP) is 3.47. The van der Waals surface area contributed by atoms with Gasteiger partial charge in [-0.1, -0.05) is 53.7 Å². The van der Waals surface area contributed by atoms with Gasteiger partial charge in [0.2, 0.25) is 11.8 Å². The number of carbonyl (C=O) groups excluding carboxylic acids is 2. The largest absolute Gasteiger partial charge is 0.366 e. The number of amidine groups is 1. The number of amides is 2. The normalized spacial score (nSPS) is 16.2. The molecule has 8 heteroatoms. The molecule has 3 rings (SSSR count). The van der Waals surface area contributed by atoms with E-state index in [4.69, 9.17) is 17.3 Å². The third-order valence-electron chi connectivity index (χ3n) is 4.07. The maximum atomic E-state index is 12.2. The Morgan fingerprint density at radius 3 is 2.50 bits per heavy atom. The molecule has 0 saturated carbocycles. The van der Waals surface area contributed by atoms with E-state index >= 15 is 0 Å². The lowest BCUT2D eigenvalue weighted by atomic mass is 9.96. The highest BCUT2D eigenvalue weighted by Gasteiger charge is 2.28. The maximum Gasteiger partial charge on any atom is 0.248 e. The lowest BCUT2D eigenvalue weighted by Crippen LogP contribution is -2.33. The molecule has 1 aliphatic rings. The van der Waals surface area contributed by atoms with Crippen LogP contribution in [0.4, 0.5) is 5.69 Å². The van der Waals surface area contributed by atoms with Crippen molar-refractivity contribution in [2.24, 2.45) is 10.7 Å². The molecule has 2 aromatic carbocycles. The van der Waals surface area contributed by atoms with Crippen molar-refractivity contribution in [3.63, 3.8) is 0 Å². The van der Waals surface area contributed by atoms with Crippen LogP contribution in [-0.4, -0.2) is 22.7 Å². The van der Waals surface area contributed by atoms with Crippen LogP contribution < -0.4 is 16.4 Å². The smallest absolute Gasteiger partial charge is 0.248 e. The van der Waals surface area contributed by atoms with Crippen LogP contribution in [-0.2, 0) is 9.59 Å². The average molecular weight is 415 g/mol. The number of hydrogen-bond donors (Lipinski definition) is 3. The Kier molecular flexibility index (Phi) is 6.38. The number of halogens is 1. The molecule has 4 N–H and O–H groups in total. The Labute approximate surface area is 172 Å². The van der Waals surface area contributed by atoms with Crippen LogP contribution in [0.15, 0.2) is 70.9 Å². The van der Waals surface area contributed by atoms with Crippen LogP contribution in [0, 0.1) is 0 Å². The van der Waals surface area contributed by atoms with Gasteiger partial charge in [0.25, 0.3) is 0 Å². The molecule has 0 aliphatic carbocycles. The van der Waals surface area contributed by atoms with Gasteiger partial charge < -0.3 is 16.4 Å². The minimum atomic E-state index is -0.521. The molecular formula is C20H19ClN4O2S. The second-order valence-electron chi connectivity index (χ2n) is 6.12. The molecule has 0 saturated heterocycles. The minimum absolute atomic E-state index is 0.162. The van der Waals surface area contributed by atoms with Gasteiger partial charge in [-0.3, -0.25) is 9.59 Å². The number of nitrogens with zero attached hydrogens (tertiary/aromatic N) is 1. The quantitative estimate of drug-likeness (QED) is 0.697. The van der Waals surface area contributed by atoms with E-state index in [1.807, 2.05) is 30.3 Å². The number of carbonyl (C=O) groups is 2. The molecular weight excluding hydrogens is 396 g/mol. The van der Waals surface area contributed by atoms with Gasteiger partial charge in [0.15, 0.2) is 5.17 Å². The van der Waals surface area contributed by atoms with Crippen molar-refractivity contribution in [2.45, 2.75) is 13.0 Å². The van der Waals surface area contributed by atoms with Gasteiger partial charge in [0.1, 0.15) is 6.04 Å². The fourth-order valence-corrected chi connectivity index (χ4v) is 3.65. The number of hydrogen-bond acceptors (Lipinski definition) is 5. The molecule has 2 aromatic rings. The summed E-state index contributed by atoms with van der Waals surface area (Å²) in [6.07, 6.45) is 0. The number of rotatable bonds is 5. The molecule has 28 heavy (non-hydrogen) atoms. The highest BCUT2D eigenvalue weighted by atomic mass is 35.5. The summed E-state index contributed by atoms with van der Waals surface area (Å²) in [5, 5.41) is 7.03. The summed E-state index contributed by atoms with van der Waals surface area (Å²) < 4.78 is 0. The van der Waals surface area contributed by atoms with Crippen LogP contribution in [0.25, 0.3) is 0 Å². The van der Waals surface area contributed by atoms with Gasteiger partial charge in [0.05, 0.1) is 11.3 Å². The highest BCUT2D eigenvalue weighted by molar-refractivity contribution is 8.14. The first-order chi connectivity index (χ1) is 13.4. The topological polar surface area (TPSA) is 96.6 Å². The van der Waals surface area contributed by atoms with Gasteiger partial charge in [0, 0.05) is 16.4 Å². The van der Waals surface area contributed by atoms with E-state index in [1.54, 1.807) is 31.2 Å². The molecule has 0 bridgehead atoms. The van der Waals surface area contributed by atoms with Crippen LogP contribution in [0.3, 0.4) is 0 Å². The Balaban J connectivity index is 1.70. The average Bonchev–Trinajstić information content (AvgIpc) is 2.68. The van der Waals surface area contributed by atoms with Gasteiger partial charge in [-0.2, -0.15) is 0 Å².